The Bertz CT molecular complexity index is 367. The topological polar surface area (TPSA) is 58.6 Å². The summed E-state index contributed by atoms with van der Waals surface area (Å²) in [6.45, 7) is 0.801. The fourth-order valence-corrected chi connectivity index (χ4v) is 2.63. The molecule has 3 nitrogen and oxygen atoms in total. The third-order valence-electron chi connectivity index (χ3n) is 2.58. The summed E-state index contributed by atoms with van der Waals surface area (Å²) in [5.74, 6) is 0.963. The van der Waals surface area contributed by atoms with Gasteiger partial charge in [0, 0.05) is 18.3 Å². The average Bonchev–Trinajstić information content (AvgIpc) is 2.83. The summed E-state index contributed by atoms with van der Waals surface area (Å²) < 4.78 is 0. The summed E-state index contributed by atoms with van der Waals surface area (Å²) in [6.07, 6.45) is 0.0643. The Hall–Kier alpha value is -0.840. The normalized spacial score (nSPS) is 19.2. The van der Waals surface area contributed by atoms with Crippen molar-refractivity contribution in [3.8, 4) is 0 Å². The van der Waals surface area contributed by atoms with E-state index in [1.165, 1.54) is 0 Å². The van der Waals surface area contributed by atoms with E-state index in [1.54, 1.807) is 11.8 Å². The fourth-order valence-electron chi connectivity index (χ4n) is 1.71. The lowest BCUT2D eigenvalue weighted by Gasteiger charge is -2.18. The average molecular weight is 236 g/mol. The second-order valence-corrected chi connectivity index (χ2v) is 4.98. The van der Waals surface area contributed by atoms with Gasteiger partial charge in [-0.2, -0.15) is 0 Å². The molecule has 0 bridgehead atoms. The Morgan fingerprint density at radius 3 is 2.75 bits per heavy atom. The van der Waals surface area contributed by atoms with Crippen molar-refractivity contribution >= 4 is 16.8 Å². The molecule has 0 fully saturated rings. The van der Waals surface area contributed by atoms with Crippen LogP contribution in [0.3, 0.4) is 0 Å². The second kappa shape index (κ2) is 5.48. The number of rotatable bonds is 4. The summed E-state index contributed by atoms with van der Waals surface area (Å²) in [5.41, 5.74) is 7.14. The Labute approximate surface area is 99.8 Å². The molecular formula is C12H16N2OS. The van der Waals surface area contributed by atoms with Crippen molar-refractivity contribution in [3.05, 3.63) is 35.9 Å². The highest BCUT2D eigenvalue weighted by Crippen LogP contribution is 2.17. The molecular weight excluding hydrogens is 220 g/mol. The van der Waals surface area contributed by atoms with Crippen molar-refractivity contribution in [1.29, 1.82) is 0 Å². The Kier molecular flexibility index (Phi) is 3.98. The second-order valence-electron chi connectivity index (χ2n) is 3.87. The van der Waals surface area contributed by atoms with Crippen molar-refractivity contribution in [3.63, 3.8) is 0 Å². The Morgan fingerprint density at radius 1 is 1.38 bits per heavy atom. The number of aliphatic imine (C=N–C) groups is 1. The molecule has 1 aliphatic rings. The minimum atomic E-state index is -0.618. The Balaban J connectivity index is 1.95. The molecule has 0 aromatic heterocycles. The molecule has 1 unspecified atom stereocenters. The van der Waals surface area contributed by atoms with Gasteiger partial charge in [-0.15, -0.1) is 11.8 Å². The van der Waals surface area contributed by atoms with Crippen LogP contribution in [-0.4, -0.2) is 34.6 Å². The molecule has 1 aromatic rings. The molecule has 0 radical (unpaired) electrons. The van der Waals surface area contributed by atoms with Gasteiger partial charge in [0.15, 0.2) is 0 Å². The first-order valence-corrected chi connectivity index (χ1v) is 6.40. The molecule has 2 atom stereocenters. The SMILES string of the molecule is N[C@@H](Cc1ccccc1)C(O)C1=NCCS1. The van der Waals surface area contributed by atoms with Gasteiger partial charge in [-0.1, -0.05) is 30.3 Å². The molecule has 2 rings (SSSR count). The lowest BCUT2D eigenvalue weighted by Crippen LogP contribution is -2.40. The van der Waals surface area contributed by atoms with Gasteiger partial charge in [0.25, 0.3) is 0 Å². The van der Waals surface area contributed by atoms with Crippen LogP contribution in [0.25, 0.3) is 0 Å². The third kappa shape index (κ3) is 2.84. The van der Waals surface area contributed by atoms with Crippen LogP contribution >= 0.6 is 11.8 Å². The first-order valence-electron chi connectivity index (χ1n) is 5.42. The molecule has 0 amide bonds. The fraction of sp³-hybridized carbons (Fsp3) is 0.417. The monoisotopic (exact) mass is 236 g/mol. The van der Waals surface area contributed by atoms with Gasteiger partial charge in [0.2, 0.25) is 0 Å². The summed E-state index contributed by atoms with van der Waals surface area (Å²) in [5, 5.41) is 10.8. The molecule has 1 aromatic carbocycles. The van der Waals surface area contributed by atoms with Gasteiger partial charge in [-0.05, 0) is 12.0 Å². The highest BCUT2D eigenvalue weighted by atomic mass is 32.2. The number of aliphatic hydroxyl groups is 1. The third-order valence-corrected chi connectivity index (χ3v) is 3.63. The van der Waals surface area contributed by atoms with Crippen molar-refractivity contribution in [2.24, 2.45) is 10.7 Å². The molecule has 0 saturated heterocycles. The minimum Gasteiger partial charge on any atom is -0.385 e. The molecule has 3 N–H and O–H groups in total. The predicted molar refractivity (Wildman–Crippen MR) is 68.9 cm³/mol. The van der Waals surface area contributed by atoms with Crippen LogP contribution in [0.4, 0.5) is 0 Å². The zero-order valence-electron chi connectivity index (χ0n) is 9.04. The number of hydrogen-bond acceptors (Lipinski definition) is 4. The summed E-state index contributed by atoms with van der Waals surface area (Å²) >= 11 is 1.61. The largest absolute Gasteiger partial charge is 0.385 e. The van der Waals surface area contributed by atoms with Crippen LogP contribution in [-0.2, 0) is 6.42 Å². The highest BCUT2D eigenvalue weighted by molar-refractivity contribution is 8.14. The smallest absolute Gasteiger partial charge is 0.117 e. The quantitative estimate of drug-likeness (QED) is 0.822. The summed E-state index contributed by atoms with van der Waals surface area (Å²) in [6, 6.07) is 9.72. The van der Waals surface area contributed by atoms with Crippen LogP contribution < -0.4 is 5.73 Å². The number of aliphatic hydroxyl groups excluding tert-OH is 1. The lowest BCUT2D eigenvalue weighted by atomic mass is 10.0. The summed E-state index contributed by atoms with van der Waals surface area (Å²) in [4.78, 5) is 4.25. The van der Waals surface area contributed by atoms with Crippen molar-refractivity contribution in [2.75, 3.05) is 12.3 Å². The maximum absolute atomic E-state index is 10.0. The van der Waals surface area contributed by atoms with E-state index in [4.69, 9.17) is 5.73 Å². The molecule has 1 aliphatic heterocycles. The van der Waals surface area contributed by atoms with E-state index in [0.717, 1.165) is 22.9 Å². The van der Waals surface area contributed by atoms with Gasteiger partial charge < -0.3 is 10.8 Å². The van der Waals surface area contributed by atoms with Crippen molar-refractivity contribution in [1.82, 2.24) is 0 Å². The molecule has 86 valence electrons. The van der Waals surface area contributed by atoms with Crippen LogP contribution in [0, 0.1) is 0 Å². The molecule has 4 heteroatoms. The molecule has 0 aliphatic carbocycles. The van der Waals surface area contributed by atoms with Crippen LogP contribution in [0.15, 0.2) is 35.3 Å². The van der Waals surface area contributed by atoms with E-state index in [9.17, 15) is 5.11 Å². The van der Waals surface area contributed by atoms with Crippen molar-refractivity contribution in [2.45, 2.75) is 18.6 Å². The Morgan fingerprint density at radius 2 is 2.12 bits per heavy atom. The number of thioether (sulfide) groups is 1. The van der Waals surface area contributed by atoms with E-state index < -0.39 is 6.10 Å². The lowest BCUT2D eigenvalue weighted by molar-refractivity contribution is 0.211. The van der Waals surface area contributed by atoms with Crippen LogP contribution in [0.1, 0.15) is 5.56 Å². The van der Waals surface area contributed by atoms with E-state index in [2.05, 4.69) is 4.99 Å². The number of nitrogens with two attached hydrogens (primary N) is 1. The first-order chi connectivity index (χ1) is 7.77. The first kappa shape index (κ1) is 11.6. The van der Waals surface area contributed by atoms with E-state index in [1.807, 2.05) is 30.3 Å². The number of hydrogen-bond donors (Lipinski definition) is 2. The highest BCUT2D eigenvalue weighted by Gasteiger charge is 2.23. The molecule has 0 saturated carbocycles. The van der Waals surface area contributed by atoms with Gasteiger partial charge in [-0.3, -0.25) is 4.99 Å². The number of benzene rings is 1. The van der Waals surface area contributed by atoms with Crippen molar-refractivity contribution < 1.29 is 5.11 Å². The van der Waals surface area contributed by atoms with Gasteiger partial charge in [-0.25, -0.2) is 0 Å². The van der Waals surface area contributed by atoms with Gasteiger partial charge in [0.05, 0.1) is 5.04 Å². The molecule has 1 heterocycles. The maximum Gasteiger partial charge on any atom is 0.117 e. The zero-order valence-corrected chi connectivity index (χ0v) is 9.86. The molecule has 0 spiro atoms. The van der Waals surface area contributed by atoms with E-state index >= 15 is 0 Å². The predicted octanol–water partition coefficient (Wildman–Crippen LogP) is 1.06. The maximum atomic E-state index is 10.0. The van der Waals surface area contributed by atoms with Crippen LogP contribution in [0.2, 0.25) is 0 Å². The van der Waals surface area contributed by atoms with Gasteiger partial charge >= 0.3 is 0 Å². The number of nitrogens with zero attached hydrogens (tertiary/aromatic N) is 1. The van der Waals surface area contributed by atoms with Crippen LogP contribution in [0.5, 0.6) is 0 Å². The van der Waals surface area contributed by atoms with E-state index in [-0.39, 0.29) is 6.04 Å². The zero-order chi connectivity index (χ0) is 11.4. The summed E-state index contributed by atoms with van der Waals surface area (Å²) in [7, 11) is 0. The standard InChI is InChI=1S/C12H16N2OS/c13-10(8-9-4-2-1-3-5-9)11(15)12-14-6-7-16-12/h1-5,10-11,15H,6-8,13H2/t10-,11?/m0/s1. The van der Waals surface area contributed by atoms with E-state index in [0.29, 0.717) is 6.42 Å². The van der Waals surface area contributed by atoms with Gasteiger partial charge in [0.1, 0.15) is 6.10 Å². The molecule has 16 heavy (non-hydrogen) atoms. The minimum absolute atomic E-state index is 0.272.